The monoisotopic (exact) mass is 311 g/mol. The van der Waals surface area contributed by atoms with Gasteiger partial charge >= 0.3 is 0 Å². The molecule has 0 saturated heterocycles. The van der Waals surface area contributed by atoms with E-state index in [2.05, 4.69) is 25.5 Å². The SMILES string of the molecule is CCc1nnc(NC(=O)CSc2nc(N)cc(N)n2)s1. The summed E-state index contributed by atoms with van der Waals surface area (Å²) < 4.78 is 0. The van der Waals surface area contributed by atoms with Crippen LogP contribution in [-0.2, 0) is 11.2 Å². The van der Waals surface area contributed by atoms with Gasteiger partial charge in [0.1, 0.15) is 16.6 Å². The van der Waals surface area contributed by atoms with Crippen molar-refractivity contribution < 1.29 is 4.79 Å². The van der Waals surface area contributed by atoms with Gasteiger partial charge in [0.15, 0.2) is 5.16 Å². The molecule has 1 amide bonds. The highest BCUT2D eigenvalue weighted by molar-refractivity contribution is 7.99. The van der Waals surface area contributed by atoms with E-state index >= 15 is 0 Å². The van der Waals surface area contributed by atoms with Crippen LogP contribution < -0.4 is 16.8 Å². The zero-order valence-corrected chi connectivity index (χ0v) is 12.3. The Balaban J connectivity index is 1.88. The van der Waals surface area contributed by atoms with E-state index in [0.29, 0.717) is 10.3 Å². The molecule has 2 aromatic rings. The van der Waals surface area contributed by atoms with Gasteiger partial charge in [-0.05, 0) is 6.42 Å². The van der Waals surface area contributed by atoms with Gasteiger partial charge in [-0.25, -0.2) is 9.97 Å². The van der Waals surface area contributed by atoms with Gasteiger partial charge in [-0.2, -0.15) is 0 Å². The predicted octanol–water partition coefficient (Wildman–Crippen LogP) is 0.786. The largest absolute Gasteiger partial charge is 0.383 e. The summed E-state index contributed by atoms with van der Waals surface area (Å²) in [7, 11) is 0. The van der Waals surface area contributed by atoms with Crippen LogP contribution in [0.1, 0.15) is 11.9 Å². The molecular formula is C10H13N7OS2. The molecule has 0 unspecified atom stereocenters. The lowest BCUT2D eigenvalue weighted by Gasteiger charge is -2.02. The van der Waals surface area contributed by atoms with Crippen molar-refractivity contribution in [3.8, 4) is 0 Å². The topological polar surface area (TPSA) is 133 Å². The Morgan fingerprint density at radius 2 is 2.05 bits per heavy atom. The number of amides is 1. The lowest BCUT2D eigenvalue weighted by molar-refractivity contribution is -0.113. The third kappa shape index (κ3) is 4.03. The molecule has 0 aromatic carbocycles. The fourth-order valence-electron chi connectivity index (χ4n) is 1.26. The molecule has 2 aromatic heterocycles. The van der Waals surface area contributed by atoms with Gasteiger partial charge in [-0.3, -0.25) is 10.1 Å². The molecule has 0 spiro atoms. The number of thioether (sulfide) groups is 1. The molecule has 0 saturated carbocycles. The van der Waals surface area contributed by atoms with E-state index in [0.717, 1.165) is 23.2 Å². The van der Waals surface area contributed by atoms with Crippen LogP contribution in [0.25, 0.3) is 0 Å². The first kappa shape index (κ1) is 14.5. The third-order valence-corrected chi connectivity index (χ3v) is 3.92. The van der Waals surface area contributed by atoms with Crippen LogP contribution in [0.5, 0.6) is 0 Å². The van der Waals surface area contributed by atoms with Crippen molar-refractivity contribution in [2.45, 2.75) is 18.5 Å². The van der Waals surface area contributed by atoms with Crippen molar-refractivity contribution >= 4 is 45.8 Å². The zero-order valence-electron chi connectivity index (χ0n) is 10.7. The zero-order chi connectivity index (χ0) is 14.5. The van der Waals surface area contributed by atoms with Crippen LogP contribution in [0.4, 0.5) is 16.8 Å². The molecular weight excluding hydrogens is 298 g/mol. The average Bonchev–Trinajstić information content (AvgIpc) is 2.83. The molecule has 0 fully saturated rings. The number of nitrogens with zero attached hydrogens (tertiary/aromatic N) is 4. The third-order valence-electron chi connectivity index (χ3n) is 2.09. The normalized spacial score (nSPS) is 10.4. The Morgan fingerprint density at radius 3 is 2.65 bits per heavy atom. The fourth-order valence-corrected chi connectivity index (χ4v) is 2.63. The Hall–Kier alpha value is -1.94. The molecule has 2 rings (SSSR count). The summed E-state index contributed by atoms with van der Waals surface area (Å²) in [5.74, 6) is 0.483. The van der Waals surface area contributed by atoms with Crippen LogP contribution in [-0.4, -0.2) is 31.8 Å². The van der Waals surface area contributed by atoms with Crippen LogP contribution in [0.3, 0.4) is 0 Å². The number of nitrogens with one attached hydrogen (secondary N) is 1. The number of anilines is 3. The first-order valence-corrected chi connectivity index (χ1v) is 7.52. The standard InChI is InChI=1S/C10H13N7OS2/c1-2-8-16-17-10(20-8)15-7(18)4-19-9-13-5(11)3-6(12)14-9/h3H,2,4H2,1H3,(H,15,17,18)(H4,11,12,13,14). The second kappa shape index (κ2) is 6.48. The number of nitrogen functional groups attached to an aromatic ring is 2. The summed E-state index contributed by atoms with van der Waals surface area (Å²) >= 11 is 2.50. The summed E-state index contributed by atoms with van der Waals surface area (Å²) in [6.07, 6.45) is 0.790. The molecule has 0 bridgehead atoms. The Bertz CT molecular complexity index is 595. The first-order valence-electron chi connectivity index (χ1n) is 5.72. The fraction of sp³-hybridized carbons (Fsp3) is 0.300. The number of rotatable bonds is 5. The molecule has 10 heteroatoms. The maximum Gasteiger partial charge on any atom is 0.236 e. The quantitative estimate of drug-likeness (QED) is 0.545. The lowest BCUT2D eigenvalue weighted by Crippen LogP contribution is -2.14. The Kier molecular flexibility index (Phi) is 4.69. The van der Waals surface area contributed by atoms with Crippen molar-refractivity contribution in [2.75, 3.05) is 22.5 Å². The van der Waals surface area contributed by atoms with E-state index in [4.69, 9.17) is 11.5 Å². The van der Waals surface area contributed by atoms with E-state index in [1.165, 1.54) is 17.4 Å². The van der Waals surface area contributed by atoms with E-state index in [-0.39, 0.29) is 23.3 Å². The van der Waals surface area contributed by atoms with E-state index in [1.54, 1.807) is 0 Å². The molecule has 20 heavy (non-hydrogen) atoms. The van der Waals surface area contributed by atoms with Crippen molar-refractivity contribution in [1.82, 2.24) is 20.2 Å². The molecule has 0 aliphatic rings. The summed E-state index contributed by atoms with van der Waals surface area (Å²) in [4.78, 5) is 19.7. The first-order chi connectivity index (χ1) is 9.56. The van der Waals surface area contributed by atoms with E-state index in [1.807, 2.05) is 6.92 Å². The van der Waals surface area contributed by atoms with Gasteiger partial charge in [-0.15, -0.1) is 10.2 Å². The number of hydrogen-bond acceptors (Lipinski definition) is 9. The predicted molar refractivity (Wildman–Crippen MR) is 79.5 cm³/mol. The number of nitrogens with two attached hydrogens (primary N) is 2. The van der Waals surface area contributed by atoms with Gasteiger partial charge in [-0.1, -0.05) is 30.0 Å². The summed E-state index contributed by atoms with van der Waals surface area (Å²) in [6.45, 7) is 1.98. The van der Waals surface area contributed by atoms with Gasteiger partial charge in [0.25, 0.3) is 0 Å². The van der Waals surface area contributed by atoms with Gasteiger partial charge in [0, 0.05) is 6.07 Å². The minimum absolute atomic E-state index is 0.143. The smallest absolute Gasteiger partial charge is 0.236 e. The average molecular weight is 311 g/mol. The Labute approximate surface area is 123 Å². The van der Waals surface area contributed by atoms with Gasteiger partial charge in [0.2, 0.25) is 11.0 Å². The van der Waals surface area contributed by atoms with Crippen molar-refractivity contribution in [3.63, 3.8) is 0 Å². The number of carbonyl (C=O) groups is 1. The van der Waals surface area contributed by atoms with Crippen molar-refractivity contribution in [3.05, 3.63) is 11.1 Å². The van der Waals surface area contributed by atoms with Crippen molar-refractivity contribution in [2.24, 2.45) is 0 Å². The van der Waals surface area contributed by atoms with Crippen LogP contribution in [0.15, 0.2) is 11.2 Å². The highest BCUT2D eigenvalue weighted by atomic mass is 32.2. The summed E-state index contributed by atoms with van der Waals surface area (Å²) in [6, 6.07) is 1.46. The molecule has 5 N–H and O–H groups in total. The molecule has 2 heterocycles. The molecule has 0 radical (unpaired) electrons. The van der Waals surface area contributed by atoms with E-state index in [9.17, 15) is 4.79 Å². The minimum atomic E-state index is -0.210. The lowest BCUT2D eigenvalue weighted by atomic mass is 10.5. The minimum Gasteiger partial charge on any atom is -0.383 e. The summed E-state index contributed by atoms with van der Waals surface area (Å²) in [5.41, 5.74) is 11.1. The van der Waals surface area contributed by atoms with Crippen molar-refractivity contribution in [1.29, 1.82) is 0 Å². The maximum absolute atomic E-state index is 11.7. The maximum atomic E-state index is 11.7. The molecule has 106 valence electrons. The van der Waals surface area contributed by atoms with Crippen LogP contribution >= 0.6 is 23.1 Å². The molecule has 0 atom stereocenters. The van der Waals surface area contributed by atoms with Crippen LogP contribution in [0.2, 0.25) is 0 Å². The molecule has 0 aliphatic heterocycles. The highest BCUT2D eigenvalue weighted by Gasteiger charge is 2.09. The number of hydrogen-bond donors (Lipinski definition) is 3. The number of aromatic nitrogens is 4. The molecule has 8 nitrogen and oxygen atoms in total. The molecule has 0 aliphatic carbocycles. The summed E-state index contributed by atoms with van der Waals surface area (Å²) in [5, 5.41) is 12.2. The van der Waals surface area contributed by atoms with Gasteiger partial charge in [0.05, 0.1) is 5.75 Å². The van der Waals surface area contributed by atoms with E-state index < -0.39 is 0 Å². The van der Waals surface area contributed by atoms with Crippen LogP contribution in [0, 0.1) is 0 Å². The number of aryl methyl sites for hydroxylation is 1. The second-order valence-electron chi connectivity index (χ2n) is 3.69. The van der Waals surface area contributed by atoms with Gasteiger partial charge < -0.3 is 11.5 Å². The Morgan fingerprint density at radius 1 is 1.35 bits per heavy atom. The number of carbonyl (C=O) groups excluding carboxylic acids is 1. The highest BCUT2D eigenvalue weighted by Crippen LogP contribution is 2.18. The second-order valence-corrected chi connectivity index (χ2v) is 5.70.